The first-order valence-electron chi connectivity index (χ1n) is 11.9. The molecule has 2 aromatic carbocycles. The van der Waals surface area contributed by atoms with Crippen LogP contribution in [0.3, 0.4) is 0 Å². The van der Waals surface area contributed by atoms with Crippen molar-refractivity contribution in [3.05, 3.63) is 59.7 Å². The topological polar surface area (TPSA) is 113 Å². The molecule has 3 rings (SSSR count). The molecule has 0 unspecified atom stereocenters. The number of esters is 1. The van der Waals surface area contributed by atoms with Crippen molar-refractivity contribution >= 4 is 17.6 Å². The lowest BCUT2D eigenvalue weighted by molar-refractivity contribution is -0.153. The van der Waals surface area contributed by atoms with Crippen molar-refractivity contribution in [2.45, 2.75) is 38.6 Å². The van der Waals surface area contributed by atoms with E-state index >= 15 is 0 Å². The first-order valence-corrected chi connectivity index (χ1v) is 11.9. The molecule has 5 N–H and O–H groups in total. The van der Waals surface area contributed by atoms with Gasteiger partial charge in [-0.25, -0.2) is 0 Å². The van der Waals surface area contributed by atoms with Crippen molar-refractivity contribution in [1.29, 1.82) is 0 Å². The van der Waals surface area contributed by atoms with Gasteiger partial charge in [-0.05, 0) is 69.8 Å². The Morgan fingerprint density at radius 2 is 1.66 bits per heavy atom. The number of likely N-dealkylation sites (N-methyl/N-ethyl adjacent to an activating group) is 1. The minimum atomic E-state index is -0.578. The zero-order valence-electron chi connectivity index (χ0n) is 20.9. The number of hydrogen-bond acceptors (Lipinski definition) is 8. The van der Waals surface area contributed by atoms with E-state index in [0.29, 0.717) is 12.2 Å². The van der Waals surface area contributed by atoms with Crippen LogP contribution in [0.5, 0.6) is 5.75 Å². The number of nitrogens with one attached hydrogen (secondary N) is 5. The highest BCUT2D eigenvalue weighted by molar-refractivity contribution is 5.95. The number of anilines is 1. The van der Waals surface area contributed by atoms with Crippen LogP contribution in [0.1, 0.15) is 42.6 Å². The van der Waals surface area contributed by atoms with Crippen LogP contribution in [0.4, 0.5) is 5.69 Å². The average molecular weight is 484 g/mol. The summed E-state index contributed by atoms with van der Waals surface area (Å²) < 4.78 is 10.9. The molecule has 0 aromatic heterocycles. The molecule has 1 aliphatic heterocycles. The standard InChI is InChI=1S/C26H37N5O4/c1-26(2,3)35-23(32)17-28-24(33)19-7-5-18(6-8-19)20-15-29-25(30-16-20)31-21-9-11-22(12-10-21)34-14-13-27-4/h5-12,20,25,27,29-31H,13-17H2,1-4H3,(H,28,33). The van der Waals surface area contributed by atoms with Crippen molar-refractivity contribution in [2.75, 3.05) is 45.2 Å². The Labute approximate surface area is 207 Å². The fourth-order valence-corrected chi connectivity index (χ4v) is 3.63. The van der Waals surface area contributed by atoms with Gasteiger partial charge in [0.15, 0.2) is 0 Å². The quantitative estimate of drug-likeness (QED) is 0.258. The van der Waals surface area contributed by atoms with E-state index < -0.39 is 11.6 Å². The van der Waals surface area contributed by atoms with Crippen LogP contribution in [-0.4, -0.2) is 63.6 Å². The Balaban J connectivity index is 1.42. The third-order valence-corrected chi connectivity index (χ3v) is 5.38. The lowest BCUT2D eigenvalue weighted by Crippen LogP contribution is -2.55. The van der Waals surface area contributed by atoms with Crippen LogP contribution in [0.2, 0.25) is 0 Å². The van der Waals surface area contributed by atoms with Gasteiger partial charge in [-0.3, -0.25) is 20.2 Å². The molecule has 9 heteroatoms. The van der Waals surface area contributed by atoms with Gasteiger partial charge in [0.1, 0.15) is 30.8 Å². The Morgan fingerprint density at radius 3 is 2.26 bits per heavy atom. The van der Waals surface area contributed by atoms with Gasteiger partial charge in [0, 0.05) is 36.8 Å². The van der Waals surface area contributed by atoms with Gasteiger partial charge in [-0.15, -0.1) is 0 Å². The molecule has 0 saturated carbocycles. The maximum absolute atomic E-state index is 12.3. The van der Waals surface area contributed by atoms with Gasteiger partial charge in [0.2, 0.25) is 0 Å². The second kappa shape index (κ2) is 12.5. The third-order valence-electron chi connectivity index (χ3n) is 5.38. The Kier molecular flexibility index (Phi) is 9.47. The number of rotatable bonds is 10. The number of hydrogen-bond donors (Lipinski definition) is 5. The first kappa shape index (κ1) is 26.5. The lowest BCUT2D eigenvalue weighted by atomic mass is 9.96. The summed E-state index contributed by atoms with van der Waals surface area (Å²) in [6, 6.07) is 15.4. The van der Waals surface area contributed by atoms with Crippen LogP contribution < -0.4 is 31.3 Å². The third kappa shape index (κ3) is 8.86. The predicted molar refractivity (Wildman–Crippen MR) is 137 cm³/mol. The van der Waals surface area contributed by atoms with E-state index in [4.69, 9.17) is 9.47 Å². The molecule has 1 heterocycles. The van der Waals surface area contributed by atoms with E-state index in [0.717, 1.165) is 36.6 Å². The van der Waals surface area contributed by atoms with Crippen molar-refractivity contribution in [3.63, 3.8) is 0 Å². The highest BCUT2D eigenvalue weighted by Gasteiger charge is 2.22. The largest absolute Gasteiger partial charge is 0.492 e. The zero-order chi connectivity index (χ0) is 25.3. The highest BCUT2D eigenvalue weighted by atomic mass is 16.6. The van der Waals surface area contributed by atoms with Crippen LogP contribution in [-0.2, 0) is 9.53 Å². The smallest absolute Gasteiger partial charge is 0.325 e. The number of carbonyl (C=O) groups excluding carboxylic acids is 2. The lowest BCUT2D eigenvalue weighted by Gasteiger charge is -2.32. The molecule has 9 nitrogen and oxygen atoms in total. The molecule has 1 aliphatic rings. The van der Waals surface area contributed by atoms with Gasteiger partial charge in [-0.1, -0.05) is 12.1 Å². The Bertz CT molecular complexity index is 949. The van der Waals surface area contributed by atoms with Gasteiger partial charge in [0.05, 0.1) is 0 Å². The summed E-state index contributed by atoms with van der Waals surface area (Å²) >= 11 is 0. The van der Waals surface area contributed by atoms with Crippen LogP contribution in [0.25, 0.3) is 0 Å². The van der Waals surface area contributed by atoms with Gasteiger partial charge < -0.3 is 25.4 Å². The molecular weight excluding hydrogens is 446 g/mol. The van der Waals surface area contributed by atoms with Crippen LogP contribution >= 0.6 is 0 Å². The molecule has 190 valence electrons. The number of carbonyl (C=O) groups is 2. The van der Waals surface area contributed by atoms with E-state index in [1.54, 1.807) is 32.9 Å². The predicted octanol–water partition coefficient (Wildman–Crippen LogP) is 2.03. The second-order valence-corrected chi connectivity index (χ2v) is 9.46. The van der Waals surface area contributed by atoms with Crippen LogP contribution in [0, 0.1) is 0 Å². The molecule has 1 amide bonds. The monoisotopic (exact) mass is 483 g/mol. The molecule has 0 aliphatic carbocycles. The normalized spacial score (nSPS) is 17.9. The van der Waals surface area contributed by atoms with Crippen molar-refractivity contribution in [2.24, 2.45) is 0 Å². The molecule has 35 heavy (non-hydrogen) atoms. The number of benzene rings is 2. The average Bonchev–Trinajstić information content (AvgIpc) is 2.83. The summed E-state index contributed by atoms with van der Waals surface area (Å²) in [5.41, 5.74) is 2.06. The summed E-state index contributed by atoms with van der Waals surface area (Å²) in [6.07, 6.45) is -0.0415. The first-order chi connectivity index (χ1) is 16.7. The Hall–Kier alpha value is -3.14. The Morgan fingerprint density at radius 1 is 1.00 bits per heavy atom. The summed E-state index contributed by atoms with van der Waals surface area (Å²) in [7, 11) is 1.90. The minimum absolute atomic E-state index is 0.0415. The maximum atomic E-state index is 12.3. The molecule has 0 spiro atoms. The van der Waals surface area contributed by atoms with Crippen LogP contribution in [0.15, 0.2) is 48.5 Å². The SMILES string of the molecule is CNCCOc1ccc(NC2NCC(c3ccc(C(=O)NCC(=O)OC(C)(C)C)cc3)CN2)cc1. The summed E-state index contributed by atoms with van der Waals surface area (Å²) in [4.78, 5) is 24.1. The van der Waals surface area contributed by atoms with Gasteiger partial charge >= 0.3 is 5.97 Å². The number of amides is 1. The summed E-state index contributed by atoms with van der Waals surface area (Å²) in [5, 5.41) is 16.0. The van der Waals surface area contributed by atoms with Gasteiger partial charge in [0.25, 0.3) is 5.91 Å². The summed E-state index contributed by atoms with van der Waals surface area (Å²) in [5.74, 6) is 0.357. The zero-order valence-corrected chi connectivity index (χ0v) is 20.9. The van der Waals surface area contributed by atoms with E-state index in [2.05, 4.69) is 26.6 Å². The molecule has 2 aromatic rings. The molecule has 1 fully saturated rings. The van der Waals surface area contributed by atoms with E-state index in [1.165, 1.54) is 0 Å². The molecule has 0 radical (unpaired) electrons. The summed E-state index contributed by atoms with van der Waals surface area (Å²) in [6.45, 7) is 8.24. The molecule has 0 bridgehead atoms. The van der Waals surface area contributed by atoms with E-state index in [-0.39, 0.29) is 24.7 Å². The van der Waals surface area contributed by atoms with Crippen molar-refractivity contribution in [1.82, 2.24) is 21.3 Å². The maximum Gasteiger partial charge on any atom is 0.325 e. The van der Waals surface area contributed by atoms with Gasteiger partial charge in [-0.2, -0.15) is 0 Å². The molecule has 0 atom stereocenters. The van der Waals surface area contributed by atoms with Crippen molar-refractivity contribution < 1.29 is 19.1 Å². The second-order valence-electron chi connectivity index (χ2n) is 9.46. The fourth-order valence-electron chi connectivity index (χ4n) is 3.63. The van der Waals surface area contributed by atoms with E-state index in [9.17, 15) is 9.59 Å². The highest BCUT2D eigenvalue weighted by Crippen LogP contribution is 2.20. The minimum Gasteiger partial charge on any atom is -0.492 e. The van der Waals surface area contributed by atoms with E-state index in [1.807, 2.05) is 43.4 Å². The number of ether oxygens (including phenoxy) is 2. The fraction of sp³-hybridized carbons (Fsp3) is 0.462. The molecular formula is C26H37N5O4. The molecule has 1 saturated heterocycles. The van der Waals surface area contributed by atoms with Crippen molar-refractivity contribution in [3.8, 4) is 5.75 Å².